The monoisotopic (exact) mass is 663 g/mol. The van der Waals surface area contributed by atoms with Crippen molar-refractivity contribution in [3.8, 4) is 5.75 Å². The Morgan fingerprint density at radius 1 is 1.06 bits per heavy atom. The van der Waals surface area contributed by atoms with Gasteiger partial charge in [-0.3, -0.25) is 0 Å². The molecule has 1 atom stereocenters. The number of ether oxygens (including phenoxy) is 2. The van der Waals surface area contributed by atoms with Crippen LogP contribution in [0.1, 0.15) is 10.4 Å². The quantitative estimate of drug-likeness (QED) is 0.100. The molecule has 0 saturated carbocycles. The number of esters is 1. The Kier molecular flexibility index (Phi) is 8.76. The van der Waals surface area contributed by atoms with Crippen LogP contribution in [-0.4, -0.2) is 62.9 Å². The van der Waals surface area contributed by atoms with Crippen molar-refractivity contribution in [2.45, 2.75) is 23.0 Å². The molecule has 0 radical (unpaired) electrons. The minimum absolute atomic E-state index is 0.287. The van der Waals surface area contributed by atoms with Crippen LogP contribution in [0.3, 0.4) is 0 Å². The van der Waals surface area contributed by atoms with Crippen molar-refractivity contribution in [2.75, 3.05) is 6.61 Å². The topological polar surface area (TPSA) is 162 Å². The van der Waals surface area contributed by atoms with E-state index < -0.39 is 73.0 Å². The molecule has 0 saturated heterocycles. The Labute approximate surface area is 197 Å². The maximum atomic E-state index is 13.4. The predicted octanol–water partition coefficient (Wildman–Crippen LogP) is 1.50. The SMILES string of the molecule is O=C(OC(C(F)(F)F)C(F)(F)S(=O)(=O)[O-])c1ccc(OC/C([O-])=N/S(=O)(=O)C(F)(F)F)c(I)c1. The highest BCUT2D eigenvalue weighted by molar-refractivity contribution is 14.1. The molecule has 0 aromatic heterocycles. The molecule has 0 bridgehead atoms. The summed E-state index contributed by atoms with van der Waals surface area (Å²) in [5.74, 6) is -4.53. The van der Waals surface area contributed by atoms with Crippen molar-refractivity contribution in [2.24, 2.45) is 4.40 Å². The van der Waals surface area contributed by atoms with E-state index in [2.05, 4.69) is 9.47 Å². The van der Waals surface area contributed by atoms with Crippen molar-refractivity contribution in [1.82, 2.24) is 0 Å². The van der Waals surface area contributed by atoms with Crippen molar-refractivity contribution in [3.05, 3.63) is 27.3 Å². The van der Waals surface area contributed by atoms with Crippen LogP contribution in [0.4, 0.5) is 35.1 Å². The van der Waals surface area contributed by atoms with E-state index in [1.54, 1.807) is 0 Å². The Bertz CT molecular complexity index is 1180. The van der Waals surface area contributed by atoms with Gasteiger partial charge >= 0.3 is 32.9 Å². The van der Waals surface area contributed by atoms with Crippen molar-refractivity contribution < 1.29 is 75.9 Å². The minimum atomic E-state index is -6.92. The molecular weight excluding hydrogens is 657 g/mol. The van der Waals surface area contributed by atoms with E-state index in [4.69, 9.17) is 0 Å². The van der Waals surface area contributed by atoms with Gasteiger partial charge in [0.25, 0.3) is 6.10 Å². The number of rotatable bonds is 8. The third-order valence-electron chi connectivity index (χ3n) is 3.19. The highest BCUT2D eigenvalue weighted by Crippen LogP contribution is 2.38. The third kappa shape index (κ3) is 7.24. The summed E-state index contributed by atoms with van der Waals surface area (Å²) < 4.78 is 164. The summed E-state index contributed by atoms with van der Waals surface area (Å²) in [4.78, 5) is 11.8. The number of halogens is 9. The van der Waals surface area contributed by atoms with Gasteiger partial charge in [0, 0.05) is 5.90 Å². The van der Waals surface area contributed by atoms with Crippen molar-refractivity contribution >= 4 is 54.6 Å². The molecule has 0 aliphatic heterocycles. The fraction of sp³-hybridized carbons (Fsp3) is 0.385. The zero-order valence-corrected chi connectivity index (χ0v) is 19.1. The molecule has 0 fully saturated rings. The van der Waals surface area contributed by atoms with Crippen LogP contribution in [0, 0.1) is 3.57 Å². The molecule has 1 aromatic rings. The first-order valence-electron chi connectivity index (χ1n) is 7.61. The van der Waals surface area contributed by atoms with Gasteiger partial charge in [0.1, 0.15) is 12.4 Å². The van der Waals surface area contributed by atoms with Gasteiger partial charge in [0.2, 0.25) is 0 Å². The van der Waals surface area contributed by atoms with Gasteiger partial charge in [-0.25, -0.2) is 13.2 Å². The first kappa shape index (κ1) is 30.0. The van der Waals surface area contributed by atoms with E-state index in [1.165, 1.54) is 22.6 Å². The lowest BCUT2D eigenvalue weighted by molar-refractivity contribution is -0.248. The number of benzene rings is 1. The third-order valence-corrected chi connectivity index (χ3v) is 5.95. The Hall–Kier alpha value is -2.01. The standard InChI is InChI=1S/C13H8F8INO9S2/c14-11(15,16)10(12(17,18)34(28,29)30)32-9(25)5-1-2-7(6(22)3-5)31-4-8(24)23-33(26,27)13(19,20)21/h1-3,10H,4H2,(H,23,24)(H,28,29,30)/p-2. The second kappa shape index (κ2) is 9.93. The second-order valence-electron chi connectivity index (χ2n) is 5.68. The molecule has 194 valence electrons. The number of carbonyl (C=O) groups is 1. The lowest BCUT2D eigenvalue weighted by Gasteiger charge is -2.29. The largest absolute Gasteiger partial charge is 0.859 e. The number of hydrogen-bond acceptors (Lipinski definition) is 9. The minimum Gasteiger partial charge on any atom is -0.859 e. The van der Waals surface area contributed by atoms with Crippen molar-refractivity contribution in [1.29, 1.82) is 0 Å². The summed E-state index contributed by atoms with van der Waals surface area (Å²) in [6.45, 7) is -1.38. The van der Waals surface area contributed by atoms with Crippen molar-refractivity contribution in [3.63, 3.8) is 0 Å². The fourth-order valence-electron chi connectivity index (χ4n) is 1.73. The molecule has 21 heteroatoms. The molecule has 1 aromatic carbocycles. The highest BCUT2D eigenvalue weighted by atomic mass is 127. The molecule has 10 nitrogen and oxygen atoms in total. The molecule has 0 heterocycles. The van der Waals surface area contributed by atoms with Gasteiger partial charge in [-0.05, 0) is 40.8 Å². The molecule has 0 aliphatic carbocycles. The summed E-state index contributed by atoms with van der Waals surface area (Å²) in [5.41, 5.74) is -6.78. The summed E-state index contributed by atoms with van der Waals surface area (Å²) in [5, 5.41) is 5.17. The molecule has 1 rings (SSSR count). The maximum Gasteiger partial charge on any atom is 0.518 e. The number of nitrogens with zero attached hydrogens (tertiary/aromatic N) is 1. The van der Waals surface area contributed by atoms with Crippen LogP contribution in [0.2, 0.25) is 0 Å². The number of sulfonamides is 1. The normalized spacial score (nSPS) is 15.1. The summed E-state index contributed by atoms with van der Waals surface area (Å²) in [7, 11) is -13.1. The van der Waals surface area contributed by atoms with E-state index in [0.717, 1.165) is 0 Å². The fourth-order valence-corrected chi connectivity index (χ4v) is 3.27. The van der Waals surface area contributed by atoms with Gasteiger partial charge in [-0.15, -0.1) is 0 Å². The van der Waals surface area contributed by atoms with Gasteiger partial charge in [0.05, 0.1) is 9.13 Å². The first-order chi connectivity index (χ1) is 15.0. The number of carbonyl (C=O) groups excluding carboxylic acids is 1. The van der Waals surface area contributed by atoms with Gasteiger partial charge in [-0.1, -0.05) is 0 Å². The zero-order valence-electron chi connectivity index (χ0n) is 15.4. The van der Waals surface area contributed by atoms with Gasteiger partial charge < -0.3 is 19.1 Å². The van der Waals surface area contributed by atoms with E-state index >= 15 is 0 Å². The lowest BCUT2D eigenvalue weighted by atomic mass is 10.2. The average molecular weight is 663 g/mol. The van der Waals surface area contributed by atoms with E-state index in [-0.39, 0.29) is 3.57 Å². The van der Waals surface area contributed by atoms with Crippen LogP contribution in [0.25, 0.3) is 0 Å². The highest BCUT2D eigenvalue weighted by Gasteiger charge is 2.63. The number of alkyl halides is 8. The molecule has 34 heavy (non-hydrogen) atoms. The molecule has 0 aliphatic rings. The smallest absolute Gasteiger partial charge is 0.518 e. The summed E-state index contributed by atoms with van der Waals surface area (Å²) >= 11 is 1.30. The van der Waals surface area contributed by atoms with E-state index in [9.17, 15) is 66.4 Å². The lowest BCUT2D eigenvalue weighted by Crippen LogP contribution is -2.52. The van der Waals surface area contributed by atoms with E-state index in [1.807, 2.05) is 4.40 Å². The zero-order chi connectivity index (χ0) is 26.9. The maximum absolute atomic E-state index is 13.4. The summed E-state index contributed by atoms with van der Waals surface area (Å²) in [6, 6.07) is 1.84. The van der Waals surface area contributed by atoms with Crippen LogP contribution in [-0.2, 0) is 24.9 Å². The van der Waals surface area contributed by atoms with E-state index in [0.29, 0.717) is 18.2 Å². The molecule has 0 spiro atoms. The van der Waals surface area contributed by atoms with Crippen LogP contribution < -0.4 is 9.84 Å². The molecule has 0 N–H and O–H groups in total. The Morgan fingerprint density at radius 3 is 2.00 bits per heavy atom. The second-order valence-corrected chi connectivity index (χ2v) is 9.89. The Balaban J connectivity index is 3.09. The van der Waals surface area contributed by atoms with Crippen LogP contribution in [0.5, 0.6) is 5.75 Å². The average Bonchev–Trinajstić information content (AvgIpc) is 2.61. The molecule has 0 amide bonds. The van der Waals surface area contributed by atoms with Gasteiger partial charge in [-0.2, -0.15) is 47.9 Å². The molecular formula is C13H6F8INO9S2-2. The number of hydrogen-bond donors (Lipinski definition) is 0. The molecule has 1 unspecified atom stereocenters. The predicted molar refractivity (Wildman–Crippen MR) is 97.0 cm³/mol. The summed E-state index contributed by atoms with van der Waals surface area (Å²) in [6.07, 6.45) is -10.9. The Morgan fingerprint density at radius 2 is 1.59 bits per heavy atom. The van der Waals surface area contributed by atoms with Gasteiger partial charge in [0.15, 0.2) is 10.1 Å². The van der Waals surface area contributed by atoms with Crippen LogP contribution >= 0.6 is 22.6 Å². The van der Waals surface area contributed by atoms with Crippen LogP contribution in [0.15, 0.2) is 22.6 Å². The first-order valence-corrected chi connectivity index (χ1v) is 11.5.